The molecule has 0 N–H and O–H groups in total. The standard InChI is InChI=1S/C51H42N2/c1-51(2)47-19-11-9-17-43(47)44-31-30-42(34-48(44)51)52(40-26-21-36(22-27-40)35-13-5-3-6-14-35)41-28-23-37(24-29-41)38-25-32-50-46(33-38)45-18-10-12-20-49(45)53(50)39-15-7-4-8-16-39/h3-8,10-11,13-16,18-19,21-34H,9,12,17,20H2,1-2H3. The van der Waals surface area contributed by atoms with Crippen LogP contribution in [0.4, 0.5) is 17.1 Å². The first-order chi connectivity index (χ1) is 26.0. The van der Waals surface area contributed by atoms with Crippen molar-refractivity contribution in [3.05, 3.63) is 192 Å². The van der Waals surface area contributed by atoms with Crippen LogP contribution in [-0.4, -0.2) is 4.57 Å². The smallest absolute Gasteiger partial charge is 0.0538 e. The lowest BCUT2D eigenvalue weighted by molar-refractivity contribution is 0.651. The molecule has 0 bridgehead atoms. The van der Waals surface area contributed by atoms with Crippen molar-refractivity contribution in [2.45, 2.75) is 44.9 Å². The summed E-state index contributed by atoms with van der Waals surface area (Å²) in [6, 6.07) is 53.8. The first-order valence-electron chi connectivity index (χ1n) is 19.0. The Kier molecular flexibility index (Phi) is 7.47. The van der Waals surface area contributed by atoms with Crippen LogP contribution in [0.1, 0.15) is 55.5 Å². The van der Waals surface area contributed by atoms with Gasteiger partial charge >= 0.3 is 0 Å². The number of aromatic nitrogens is 1. The Morgan fingerprint density at radius 2 is 1.15 bits per heavy atom. The fourth-order valence-corrected chi connectivity index (χ4v) is 9.08. The molecule has 2 heteroatoms. The monoisotopic (exact) mass is 682 g/mol. The lowest BCUT2D eigenvalue weighted by Crippen LogP contribution is -2.18. The number of para-hydroxylation sites is 1. The minimum Gasteiger partial charge on any atom is -0.313 e. The van der Waals surface area contributed by atoms with E-state index < -0.39 is 0 Å². The fraction of sp³-hybridized carbons (Fsp3) is 0.137. The molecule has 0 fully saturated rings. The van der Waals surface area contributed by atoms with Crippen molar-refractivity contribution in [3.63, 3.8) is 0 Å². The molecule has 1 heterocycles. The van der Waals surface area contributed by atoms with Gasteiger partial charge in [0.25, 0.3) is 0 Å². The minimum atomic E-state index is -0.0310. The van der Waals surface area contributed by atoms with Crippen molar-refractivity contribution in [1.82, 2.24) is 4.57 Å². The van der Waals surface area contributed by atoms with Gasteiger partial charge in [-0.05, 0) is 131 Å². The van der Waals surface area contributed by atoms with E-state index in [0.717, 1.165) is 37.1 Å². The van der Waals surface area contributed by atoms with Crippen LogP contribution in [0.2, 0.25) is 0 Å². The molecule has 0 spiro atoms. The molecular formula is C51H42N2. The summed E-state index contributed by atoms with van der Waals surface area (Å²) in [6.07, 6.45) is 13.7. The van der Waals surface area contributed by atoms with Crippen molar-refractivity contribution in [3.8, 4) is 27.9 Å². The molecule has 0 saturated carbocycles. The van der Waals surface area contributed by atoms with Gasteiger partial charge in [-0.1, -0.05) is 123 Å². The van der Waals surface area contributed by atoms with E-state index in [1.54, 1.807) is 0 Å². The SMILES string of the molecule is CC1(C)C2=C(CCC=C2)c2ccc(N(c3ccc(-c4ccccc4)cc3)c3ccc(-c4ccc5c(c4)c4c(n5-c5ccccc5)CCC=C4)cc3)cc21. The zero-order chi connectivity index (χ0) is 35.5. The zero-order valence-corrected chi connectivity index (χ0v) is 30.4. The Labute approximate surface area is 312 Å². The highest BCUT2D eigenvalue weighted by Gasteiger charge is 2.37. The number of hydrogen-bond donors (Lipinski definition) is 0. The Balaban J connectivity index is 1.06. The van der Waals surface area contributed by atoms with Gasteiger partial charge in [0.2, 0.25) is 0 Å². The topological polar surface area (TPSA) is 8.17 Å². The molecule has 0 atom stereocenters. The van der Waals surface area contributed by atoms with E-state index in [1.807, 2.05) is 0 Å². The first kappa shape index (κ1) is 31.6. The van der Waals surface area contributed by atoms with Crippen molar-refractivity contribution in [1.29, 1.82) is 0 Å². The average molecular weight is 683 g/mol. The lowest BCUT2D eigenvalue weighted by Gasteiger charge is -2.29. The van der Waals surface area contributed by atoms with Crippen LogP contribution in [0, 0.1) is 0 Å². The second-order valence-corrected chi connectivity index (χ2v) is 15.2. The summed E-state index contributed by atoms with van der Waals surface area (Å²) in [5.74, 6) is 0. The predicted molar refractivity (Wildman–Crippen MR) is 225 cm³/mol. The molecule has 0 radical (unpaired) electrons. The van der Waals surface area contributed by atoms with E-state index in [0.29, 0.717) is 0 Å². The summed E-state index contributed by atoms with van der Waals surface area (Å²) in [4.78, 5) is 2.42. The van der Waals surface area contributed by atoms with Crippen LogP contribution in [0.15, 0.2) is 169 Å². The maximum Gasteiger partial charge on any atom is 0.0538 e. The number of nitrogens with zero attached hydrogens (tertiary/aromatic N) is 2. The summed E-state index contributed by atoms with van der Waals surface area (Å²) in [5, 5.41) is 1.31. The summed E-state index contributed by atoms with van der Waals surface area (Å²) >= 11 is 0. The highest BCUT2D eigenvalue weighted by atomic mass is 15.1. The molecule has 0 saturated heterocycles. The Morgan fingerprint density at radius 1 is 0.547 bits per heavy atom. The number of hydrogen-bond acceptors (Lipinski definition) is 1. The predicted octanol–water partition coefficient (Wildman–Crippen LogP) is 13.8. The van der Waals surface area contributed by atoms with Crippen LogP contribution < -0.4 is 4.90 Å². The Hall–Kier alpha value is -6.12. The molecular weight excluding hydrogens is 641 g/mol. The van der Waals surface area contributed by atoms with Gasteiger partial charge in [-0.3, -0.25) is 0 Å². The summed E-state index contributed by atoms with van der Waals surface area (Å²) in [6.45, 7) is 4.78. The molecule has 1 aromatic heterocycles. The van der Waals surface area contributed by atoms with Crippen LogP contribution in [0.5, 0.6) is 0 Å². The fourth-order valence-electron chi connectivity index (χ4n) is 9.08. The van der Waals surface area contributed by atoms with Gasteiger partial charge in [0, 0.05) is 44.8 Å². The van der Waals surface area contributed by atoms with E-state index in [-0.39, 0.29) is 5.41 Å². The van der Waals surface area contributed by atoms with Crippen LogP contribution in [0.3, 0.4) is 0 Å². The molecule has 3 aliphatic rings. The molecule has 7 aromatic rings. The summed E-state index contributed by atoms with van der Waals surface area (Å²) in [5.41, 5.74) is 19.4. The number of rotatable bonds is 6. The largest absolute Gasteiger partial charge is 0.313 e. The molecule has 6 aromatic carbocycles. The maximum atomic E-state index is 2.46. The zero-order valence-electron chi connectivity index (χ0n) is 30.4. The number of allylic oxidation sites excluding steroid dienone is 5. The maximum absolute atomic E-state index is 2.46. The normalized spacial score (nSPS) is 15.4. The molecule has 3 aliphatic carbocycles. The lowest BCUT2D eigenvalue weighted by atomic mass is 9.80. The van der Waals surface area contributed by atoms with Gasteiger partial charge in [0.1, 0.15) is 0 Å². The molecule has 0 amide bonds. The molecule has 2 nitrogen and oxygen atoms in total. The van der Waals surface area contributed by atoms with Crippen molar-refractivity contribution < 1.29 is 0 Å². The van der Waals surface area contributed by atoms with Gasteiger partial charge in [-0.2, -0.15) is 0 Å². The second kappa shape index (κ2) is 12.5. The molecule has 0 aliphatic heterocycles. The average Bonchev–Trinajstić information content (AvgIpc) is 3.67. The molecule has 256 valence electrons. The second-order valence-electron chi connectivity index (χ2n) is 15.2. The van der Waals surface area contributed by atoms with Gasteiger partial charge in [-0.15, -0.1) is 0 Å². The van der Waals surface area contributed by atoms with E-state index in [1.165, 1.54) is 78.1 Å². The van der Waals surface area contributed by atoms with Crippen molar-refractivity contribution in [2.75, 3.05) is 4.90 Å². The van der Waals surface area contributed by atoms with E-state index in [4.69, 9.17) is 0 Å². The Bertz CT molecular complexity index is 2600. The number of fused-ring (bicyclic) bond motifs is 5. The van der Waals surface area contributed by atoms with E-state index in [9.17, 15) is 0 Å². The third-order valence-corrected chi connectivity index (χ3v) is 11.8. The third kappa shape index (κ3) is 5.24. The Morgan fingerprint density at radius 3 is 1.89 bits per heavy atom. The highest BCUT2D eigenvalue weighted by Crippen LogP contribution is 2.51. The van der Waals surface area contributed by atoms with Crippen LogP contribution in [0.25, 0.3) is 50.5 Å². The van der Waals surface area contributed by atoms with Crippen LogP contribution >= 0.6 is 0 Å². The van der Waals surface area contributed by atoms with E-state index in [2.05, 4.69) is 193 Å². The number of anilines is 3. The summed E-state index contributed by atoms with van der Waals surface area (Å²) in [7, 11) is 0. The van der Waals surface area contributed by atoms with Gasteiger partial charge < -0.3 is 9.47 Å². The van der Waals surface area contributed by atoms with Crippen LogP contribution in [-0.2, 0) is 11.8 Å². The third-order valence-electron chi connectivity index (χ3n) is 11.8. The molecule has 53 heavy (non-hydrogen) atoms. The highest BCUT2D eigenvalue weighted by molar-refractivity contribution is 5.96. The molecule has 0 unspecified atom stereocenters. The molecule has 10 rings (SSSR count). The van der Waals surface area contributed by atoms with Gasteiger partial charge in [0.15, 0.2) is 0 Å². The first-order valence-corrected chi connectivity index (χ1v) is 19.0. The van der Waals surface area contributed by atoms with Gasteiger partial charge in [0.05, 0.1) is 5.52 Å². The summed E-state index contributed by atoms with van der Waals surface area (Å²) < 4.78 is 2.46. The van der Waals surface area contributed by atoms with Crippen molar-refractivity contribution >= 4 is 39.6 Å². The van der Waals surface area contributed by atoms with Gasteiger partial charge in [-0.25, -0.2) is 0 Å². The van der Waals surface area contributed by atoms with E-state index >= 15 is 0 Å². The number of benzene rings is 6. The minimum absolute atomic E-state index is 0.0310. The quantitative estimate of drug-likeness (QED) is 0.169. The van der Waals surface area contributed by atoms with Crippen molar-refractivity contribution in [2.24, 2.45) is 0 Å².